The number of nitrogens with one attached hydrogen (secondary N) is 1. The van der Waals surface area contributed by atoms with Gasteiger partial charge in [0.15, 0.2) is 17.6 Å². The van der Waals surface area contributed by atoms with Gasteiger partial charge >= 0.3 is 6.18 Å². The summed E-state index contributed by atoms with van der Waals surface area (Å²) in [4.78, 5) is 15.2. The van der Waals surface area contributed by atoms with Crippen LogP contribution >= 0.6 is 11.6 Å². The van der Waals surface area contributed by atoms with Gasteiger partial charge in [0.2, 0.25) is 0 Å². The van der Waals surface area contributed by atoms with Crippen LogP contribution in [0.2, 0.25) is 5.02 Å². The SMILES string of the molecule is NC(=NCS(=O)(=O)O)NC(=O)c1ccc(-c2cc(C(F)(F)F)ccc2Cl)o1. The molecule has 0 unspecified atom stereocenters. The van der Waals surface area contributed by atoms with Gasteiger partial charge < -0.3 is 10.2 Å². The Morgan fingerprint density at radius 2 is 1.96 bits per heavy atom. The maximum atomic E-state index is 12.8. The Balaban J connectivity index is 2.23. The molecule has 1 amide bonds. The van der Waals surface area contributed by atoms with Crippen molar-refractivity contribution < 1.29 is 35.4 Å². The zero-order valence-electron chi connectivity index (χ0n) is 13.1. The van der Waals surface area contributed by atoms with E-state index in [1.807, 2.05) is 5.32 Å². The molecule has 0 fully saturated rings. The Hall–Kier alpha value is -2.57. The van der Waals surface area contributed by atoms with E-state index in [2.05, 4.69) is 4.99 Å². The van der Waals surface area contributed by atoms with E-state index < -0.39 is 39.6 Å². The van der Waals surface area contributed by atoms with Crippen LogP contribution in [0.3, 0.4) is 0 Å². The van der Waals surface area contributed by atoms with Crippen molar-refractivity contribution in [3.63, 3.8) is 0 Å². The normalized spacial score (nSPS) is 12.9. The number of halogens is 4. The van der Waals surface area contributed by atoms with Crippen molar-refractivity contribution in [3.05, 3.63) is 46.7 Å². The predicted molar refractivity (Wildman–Crippen MR) is 89.7 cm³/mol. The topological polar surface area (TPSA) is 135 Å². The number of guanidine groups is 1. The number of nitrogens with zero attached hydrogens (tertiary/aromatic N) is 1. The third-order valence-electron chi connectivity index (χ3n) is 3.03. The van der Waals surface area contributed by atoms with E-state index in [1.54, 1.807) is 0 Å². The number of benzene rings is 1. The molecule has 2 rings (SSSR count). The van der Waals surface area contributed by atoms with Crippen molar-refractivity contribution in [2.24, 2.45) is 10.7 Å². The maximum absolute atomic E-state index is 12.8. The summed E-state index contributed by atoms with van der Waals surface area (Å²) < 4.78 is 73.3. The first-order chi connectivity index (χ1) is 12.4. The van der Waals surface area contributed by atoms with Crippen LogP contribution < -0.4 is 11.1 Å². The van der Waals surface area contributed by atoms with E-state index in [1.165, 1.54) is 6.07 Å². The van der Waals surface area contributed by atoms with Gasteiger partial charge in [0.05, 0.1) is 10.6 Å². The first kappa shape index (κ1) is 20.7. The number of hydrogen-bond acceptors (Lipinski definition) is 5. The molecular formula is C14H11ClF3N3O5S. The number of aliphatic imine (C=N–C) groups is 1. The van der Waals surface area contributed by atoms with Crippen LogP contribution in [0.1, 0.15) is 16.1 Å². The molecule has 0 bridgehead atoms. The Bertz CT molecular complexity index is 1000. The number of carbonyl (C=O) groups excluding carboxylic acids is 1. The zero-order chi connectivity index (χ0) is 20.4. The molecule has 1 aromatic carbocycles. The molecule has 2 aromatic rings. The minimum absolute atomic E-state index is 0.0291. The zero-order valence-corrected chi connectivity index (χ0v) is 14.7. The Morgan fingerprint density at radius 3 is 2.56 bits per heavy atom. The lowest BCUT2D eigenvalue weighted by atomic mass is 10.1. The van der Waals surface area contributed by atoms with Gasteiger partial charge in [-0.3, -0.25) is 14.7 Å². The summed E-state index contributed by atoms with van der Waals surface area (Å²) in [6.07, 6.45) is -4.59. The Labute approximate surface area is 155 Å². The first-order valence-corrected chi connectivity index (χ1v) is 8.89. The Kier molecular flexibility index (Phi) is 5.82. The van der Waals surface area contributed by atoms with Crippen molar-refractivity contribution in [2.75, 3.05) is 5.88 Å². The minimum atomic E-state index is -4.59. The molecule has 0 aliphatic heterocycles. The summed E-state index contributed by atoms with van der Waals surface area (Å²) in [5.41, 5.74) is 4.25. The second-order valence-corrected chi connectivity index (χ2v) is 6.89. The number of hydrogen-bond donors (Lipinski definition) is 3. The fraction of sp³-hybridized carbons (Fsp3) is 0.143. The molecule has 0 saturated carbocycles. The second kappa shape index (κ2) is 7.58. The molecule has 27 heavy (non-hydrogen) atoms. The van der Waals surface area contributed by atoms with E-state index in [-0.39, 0.29) is 22.1 Å². The average Bonchev–Trinajstić information content (AvgIpc) is 3.01. The minimum Gasteiger partial charge on any atom is -0.451 e. The summed E-state index contributed by atoms with van der Waals surface area (Å²) in [6, 6.07) is 4.99. The smallest absolute Gasteiger partial charge is 0.416 e. The van der Waals surface area contributed by atoms with Crippen LogP contribution in [-0.4, -0.2) is 30.7 Å². The van der Waals surface area contributed by atoms with Crippen LogP contribution in [0.4, 0.5) is 13.2 Å². The maximum Gasteiger partial charge on any atom is 0.416 e. The van der Waals surface area contributed by atoms with Gasteiger partial charge in [-0.2, -0.15) is 21.6 Å². The average molecular weight is 426 g/mol. The van der Waals surface area contributed by atoms with Crippen LogP contribution in [0.25, 0.3) is 11.3 Å². The molecule has 0 aliphatic carbocycles. The number of rotatable bonds is 4. The van der Waals surface area contributed by atoms with E-state index in [9.17, 15) is 26.4 Å². The molecule has 1 aromatic heterocycles. The van der Waals surface area contributed by atoms with Crippen LogP contribution in [-0.2, 0) is 16.3 Å². The van der Waals surface area contributed by atoms with Gasteiger partial charge in [-0.15, -0.1) is 0 Å². The third kappa shape index (κ3) is 5.70. The lowest BCUT2D eigenvalue weighted by Crippen LogP contribution is -2.37. The van der Waals surface area contributed by atoms with Crippen molar-refractivity contribution in [1.82, 2.24) is 5.32 Å². The summed E-state index contributed by atoms with van der Waals surface area (Å²) in [5.74, 6) is -3.08. The number of furan rings is 1. The molecule has 146 valence electrons. The summed E-state index contributed by atoms with van der Waals surface area (Å²) in [6.45, 7) is 0. The second-order valence-electron chi connectivity index (χ2n) is 5.06. The van der Waals surface area contributed by atoms with Gasteiger partial charge in [0.1, 0.15) is 5.76 Å². The van der Waals surface area contributed by atoms with Crippen LogP contribution in [0.15, 0.2) is 39.7 Å². The quantitative estimate of drug-likeness (QED) is 0.391. The lowest BCUT2D eigenvalue weighted by Gasteiger charge is -2.09. The summed E-state index contributed by atoms with van der Waals surface area (Å²) in [7, 11) is -4.42. The molecule has 0 radical (unpaired) electrons. The highest BCUT2D eigenvalue weighted by Gasteiger charge is 2.31. The van der Waals surface area contributed by atoms with E-state index in [0.29, 0.717) is 0 Å². The molecule has 13 heteroatoms. The highest BCUT2D eigenvalue weighted by atomic mass is 35.5. The summed E-state index contributed by atoms with van der Waals surface area (Å²) in [5, 5.41) is 1.96. The van der Waals surface area contributed by atoms with E-state index in [4.69, 9.17) is 26.3 Å². The molecule has 8 nitrogen and oxygen atoms in total. The standard InChI is InChI=1S/C14H11ClF3N3O5S/c15-9-2-1-7(14(16,17)18)5-8(9)10-3-4-11(26-10)12(22)21-13(19)20-6-27(23,24)25/h1-5H,6H2,(H,23,24,25)(H3,19,20,21,22). The molecule has 0 saturated heterocycles. The van der Waals surface area contributed by atoms with Crippen molar-refractivity contribution in [3.8, 4) is 11.3 Å². The fourth-order valence-corrected chi connectivity index (χ4v) is 2.38. The Morgan fingerprint density at radius 1 is 1.30 bits per heavy atom. The predicted octanol–water partition coefficient (Wildman–Crippen LogP) is 2.51. The van der Waals surface area contributed by atoms with Gasteiger partial charge in [-0.05, 0) is 30.3 Å². The molecular weight excluding hydrogens is 415 g/mol. The molecule has 4 N–H and O–H groups in total. The number of carbonyl (C=O) groups is 1. The van der Waals surface area contributed by atoms with Gasteiger partial charge in [0.25, 0.3) is 16.0 Å². The van der Waals surface area contributed by atoms with Gasteiger partial charge in [-0.25, -0.2) is 4.99 Å². The molecule has 0 spiro atoms. The van der Waals surface area contributed by atoms with Crippen LogP contribution in [0, 0.1) is 0 Å². The molecule has 1 heterocycles. The largest absolute Gasteiger partial charge is 0.451 e. The van der Waals surface area contributed by atoms with Crippen molar-refractivity contribution in [1.29, 1.82) is 0 Å². The highest BCUT2D eigenvalue weighted by molar-refractivity contribution is 7.85. The monoisotopic (exact) mass is 425 g/mol. The van der Waals surface area contributed by atoms with Crippen molar-refractivity contribution >= 4 is 33.6 Å². The number of alkyl halides is 3. The van der Waals surface area contributed by atoms with E-state index in [0.717, 1.165) is 24.3 Å². The number of nitrogens with two attached hydrogens (primary N) is 1. The van der Waals surface area contributed by atoms with Gasteiger partial charge in [0, 0.05) is 5.56 Å². The third-order valence-corrected chi connectivity index (χ3v) is 3.81. The first-order valence-electron chi connectivity index (χ1n) is 6.90. The highest BCUT2D eigenvalue weighted by Crippen LogP contribution is 2.36. The van der Waals surface area contributed by atoms with Crippen molar-refractivity contribution in [2.45, 2.75) is 6.18 Å². The van der Waals surface area contributed by atoms with Gasteiger partial charge in [-0.1, -0.05) is 11.6 Å². The number of amides is 1. The lowest BCUT2D eigenvalue weighted by molar-refractivity contribution is -0.137. The summed E-state index contributed by atoms with van der Waals surface area (Å²) >= 11 is 5.89. The van der Waals surface area contributed by atoms with Crippen LogP contribution in [0.5, 0.6) is 0 Å². The molecule has 0 aliphatic rings. The fourth-order valence-electron chi connectivity index (χ4n) is 1.86. The van der Waals surface area contributed by atoms with E-state index >= 15 is 0 Å². The molecule has 0 atom stereocenters.